The molecular weight excluding hydrogens is 399 g/mol. The lowest BCUT2D eigenvalue weighted by atomic mass is 10.1. The van der Waals surface area contributed by atoms with Crippen LogP contribution < -0.4 is 0 Å². The third-order valence-corrected chi connectivity index (χ3v) is 8.25. The van der Waals surface area contributed by atoms with Gasteiger partial charge in [-0.2, -0.15) is 8.42 Å². The molecule has 28 heavy (non-hydrogen) atoms. The molecule has 2 aliphatic carbocycles. The van der Waals surface area contributed by atoms with E-state index >= 15 is 0 Å². The molecule has 8 heteroatoms. The van der Waals surface area contributed by atoms with E-state index in [9.17, 15) is 17.9 Å². The van der Waals surface area contributed by atoms with Gasteiger partial charge in [-0.1, -0.05) is 51.4 Å². The Morgan fingerprint density at radius 3 is 1.79 bits per heavy atom. The van der Waals surface area contributed by atoms with E-state index in [-0.39, 0.29) is 18.0 Å². The van der Waals surface area contributed by atoms with E-state index in [2.05, 4.69) is 0 Å². The van der Waals surface area contributed by atoms with Crippen molar-refractivity contribution in [3.05, 3.63) is 0 Å². The first-order valence-electron chi connectivity index (χ1n) is 10.9. The predicted octanol–water partition coefficient (Wildman–Crippen LogP) is 5.50. The largest absolute Gasteiger partial charge is 0.328 e. The van der Waals surface area contributed by atoms with Crippen molar-refractivity contribution in [1.29, 1.82) is 0 Å². The van der Waals surface area contributed by atoms with Crippen LogP contribution in [-0.4, -0.2) is 37.4 Å². The Morgan fingerprint density at radius 2 is 1.36 bits per heavy atom. The summed E-state index contributed by atoms with van der Waals surface area (Å²) >= 11 is 0. The molecule has 0 amide bonds. The summed E-state index contributed by atoms with van der Waals surface area (Å²) in [6, 6.07) is 0. The third kappa shape index (κ3) is 12.6. The highest BCUT2D eigenvalue weighted by Crippen LogP contribution is 2.45. The highest BCUT2D eigenvalue weighted by molar-refractivity contribution is 7.86. The van der Waals surface area contributed by atoms with Crippen LogP contribution in [0.15, 0.2) is 0 Å². The summed E-state index contributed by atoms with van der Waals surface area (Å²) in [6.07, 6.45) is 11.5. The van der Waals surface area contributed by atoms with Gasteiger partial charge in [-0.3, -0.25) is 8.75 Å². The summed E-state index contributed by atoms with van der Waals surface area (Å²) < 4.78 is 44.1. The average molecular weight is 441 g/mol. The fourth-order valence-corrected chi connectivity index (χ4v) is 6.74. The van der Waals surface area contributed by atoms with E-state index in [1.807, 2.05) is 0 Å². The molecular formula is C20H41O6PS. The molecule has 0 aromatic carbocycles. The highest BCUT2D eigenvalue weighted by atomic mass is 32.2. The van der Waals surface area contributed by atoms with Crippen LogP contribution in [0.5, 0.6) is 0 Å². The molecule has 2 rings (SSSR count). The Morgan fingerprint density at radius 1 is 0.893 bits per heavy atom. The maximum Gasteiger partial charge on any atom is 0.328 e. The maximum absolute atomic E-state index is 11.5. The summed E-state index contributed by atoms with van der Waals surface area (Å²) in [5.74, 6) is 1.46. The maximum atomic E-state index is 11.5. The van der Waals surface area contributed by atoms with Crippen LogP contribution in [0.2, 0.25) is 0 Å². The van der Waals surface area contributed by atoms with Crippen molar-refractivity contribution < 1.29 is 26.6 Å². The summed E-state index contributed by atoms with van der Waals surface area (Å²) in [7, 11) is -6.57. The summed E-state index contributed by atoms with van der Waals surface area (Å²) in [6.45, 7) is 7.07. The van der Waals surface area contributed by atoms with E-state index in [4.69, 9.17) is 8.71 Å². The molecule has 1 unspecified atom stereocenters. The van der Waals surface area contributed by atoms with Gasteiger partial charge in [0.15, 0.2) is 0 Å². The fraction of sp³-hybridized carbons (Fsp3) is 1.00. The van der Waals surface area contributed by atoms with Crippen molar-refractivity contribution in [3.63, 3.8) is 0 Å². The Hall–Kier alpha value is 0.0600. The topological polar surface area (TPSA) is 89.9 Å². The number of rotatable bonds is 10. The second kappa shape index (κ2) is 12.7. The Labute approximate surface area is 172 Å². The zero-order chi connectivity index (χ0) is 21.2. The second-order valence-electron chi connectivity index (χ2n) is 8.80. The first-order chi connectivity index (χ1) is 13.0. The van der Waals surface area contributed by atoms with Crippen molar-refractivity contribution in [2.24, 2.45) is 11.8 Å². The first-order valence-corrected chi connectivity index (χ1v) is 14.2. The van der Waals surface area contributed by atoms with Crippen molar-refractivity contribution >= 4 is 17.7 Å². The summed E-state index contributed by atoms with van der Waals surface area (Å²) in [4.78, 5) is 9.48. The van der Waals surface area contributed by atoms with Gasteiger partial charge >= 0.3 is 7.60 Å². The quantitative estimate of drug-likeness (QED) is 0.356. The van der Waals surface area contributed by atoms with Crippen LogP contribution in [0.4, 0.5) is 0 Å². The third-order valence-electron chi connectivity index (χ3n) is 5.26. The SMILES string of the molecule is CC(C)OP(=O)(O)CCC1CCCC1.CC(C)OS(=O)(=O)CCC1CCCC1. The molecule has 2 aliphatic rings. The monoisotopic (exact) mass is 440 g/mol. The van der Waals surface area contributed by atoms with E-state index in [0.29, 0.717) is 18.0 Å². The van der Waals surface area contributed by atoms with Crippen LogP contribution in [0.3, 0.4) is 0 Å². The van der Waals surface area contributed by atoms with Crippen molar-refractivity contribution in [2.45, 2.75) is 104 Å². The predicted molar refractivity (Wildman–Crippen MR) is 114 cm³/mol. The lowest BCUT2D eigenvalue weighted by Gasteiger charge is -2.16. The van der Waals surface area contributed by atoms with Gasteiger partial charge in [0.25, 0.3) is 10.1 Å². The van der Waals surface area contributed by atoms with Crippen LogP contribution >= 0.6 is 7.60 Å². The fourth-order valence-electron chi connectivity index (χ4n) is 3.98. The lowest BCUT2D eigenvalue weighted by molar-refractivity contribution is 0.203. The molecule has 6 nitrogen and oxygen atoms in total. The normalized spacial score (nSPS) is 21.1. The zero-order valence-electron chi connectivity index (χ0n) is 18.1. The molecule has 1 atom stereocenters. The van der Waals surface area contributed by atoms with Gasteiger partial charge in [-0.25, -0.2) is 0 Å². The standard InChI is InChI=1S/C10H21O3P.C10H20O3S/c2*1-9(2)13-14(11,12)8-7-10-5-3-4-6-10/h9-10H,3-8H2,1-2H3,(H,11,12);9-10H,3-8H2,1-2H3. The number of hydrogen-bond donors (Lipinski definition) is 1. The molecule has 0 bridgehead atoms. The highest BCUT2D eigenvalue weighted by Gasteiger charge is 2.24. The molecule has 0 aromatic heterocycles. The van der Waals surface area contributed by atoms with Gasteiger partial charge in [0.1, 0.15) is 0 Å². The molecule has 1 N–H and O–H groups in total. The van der Waals surface area contributed by atoms with E-state index in [0.717, 1.165) is 12.8 Å². The Bertz CT molecular complexity index is 563. The van der Waals surface area contributed by atoms with Crippen LogP contribution in [0.25, 0.3) is 0 Å². The Kier molecular flexibility index (Phi) is 11.8. The molecule has 0 saturated heterocycles. The zero-order valence-corrected chi connectivity index (χ0v) is 19.8. The molecule has 2 saturated carbocycles. The van der Waals surface area contributed by atoms with Gasteiger partial charge in [-0.15, -0.1) is 0 Å². The average Bonchev–Trinajstić information content (AvgIpc) is 3.23. The van der Waals surface area contributed by atoms with E-state index in [1.54, 1.807) is 27.7 Å². The molecule has 0 heterocycles. The van der Waals surface area contributed by atoms with Crippen LogP contribution in [0.1, 0.15) is 91.9 Å². The number of hydrogen-bond acceptors (Lipinski definition) is 5. The molecule has 2 fully saturated rings. The first kappa shape index (κ1) is 26.1. The molecule has 0 aliphatic heterocycles. The second-order valence-corrected chi connectivity index (χ2v) is 12.4. The Balaban J connectivity index is 0.000000280. The summed E-state index contributed by atoms with van der Waals surface area (Å²) in [5.41, 5.74) is 0. The molecule has 168 valence electrons. The van der Waals surface area contributed by atoms with E-state index < -0.39 is 17.7 Å². The van der Waals surface area contributed by atoms with Crippen LogP contribution in [-0.2, 0) is 23.4 Å². The minimum atomic E-state index is -3.30. The minimum absolute atomic E-state index is 0.158. The molecule has 0 aromatic rings. The van der Waals surface area contributed by atoms with Crippen molar-refractivity contribution in [3.8, 4) is 0 Å². The lowest BCUT2D eigenvalue weighted by Crippen LogP contribution is -2.17. The summed E-state index contributed by atoms with van der Waals surface area (Å²) in [5, 5.41) is 0. The van der Waals surface area contributed by atoms with Crippen molar-refractivity contribution in [1.82, 2.24) is 0 Å². The molecule has 0 radical (unpaired) electrons. The molecule has 0 spiro atoms. The van der Waals surface area contributed by atoms with Gasteiger partial charge in [0, 0.05) is 0 Å². The van der Waals surface area contributed by atoms with Crippen LogP contribution in [0, 0.1) is 11.8 Å². The van der Waals surface area contributed by atoms with Gasteiger partial charge in [0.2, 0.25) is 0 Å². The van der Waals surface area contributed by atoms with Gasteiger partial charge in [-0.05, 0) is 52.4 Å². The van der Waals surface area contributed by atoms with E-state index in [1.165, 1.54) is 51.4 Å². The van der Waals surface area contributed by atoms with Gasteiger partial charge in [0.05, 0.1) is 24.1 Å². The van der Waals surface area contributed by atoms with Gasteiger partial charge < -0.3 is 9.42 Å². The minimum Gasteiger partial charge on any atom is -0.324 e. The smallest absolute Gasteiger partial charge is 0.324 e. The van der Waals surface area contributed by atoms with Crippen molar-refractivity contribution in [2.75, 3.05) is 11.9 Å².